The van der Waals surface area contributed by atoms with Crippen LogP contribution in [-0.2, 0) is 19.6 Å². The Morgan fingerprint density at radius 1 is 1.03 bits per heavy atom. The third-order valence-electron chi connectivity index (χ3n) is 6.26. The highest BCUT2D eigenvalue weighted by Crippen LogP contribution is 2.31. The average Bonchev–Trinajstić information content (AvgIpc) is 3.14. The minimum absolute atomic E-state index is 0.118. The number of carbonyl (C=O) groups excluding carboxylic acids is 2. The number of imide groups is 1. The fourth-order valence-corrected chi connectivity index (χ4v) is 6.13. The van der Waals surface area contributed by atoms with E-state index in [-0.39, 0.29) is 17.9 Å². The zero-order chi connectivity index (χ0) is 24.1. The number of anilines is 1. The van der Waals surface area contributed by atoms with Crippen LogP contribution in [0.1, 0.15) is 45.4 Å². The van der Waals surface area contributed by atoms with Crippen molar-refractivity contribution in [2.24, 2.45) is 0 Å². The van der Waals surface area contributed by atoms with E-state index in [2.05, 4.69) is 6.08 Å². The average molecular weight is 483 g/mol. The molecular formula is C26H30N2O5S. The van der Waals surface area contributed by atoms with E-state index in [1.807, 2.05) is 6.92 Å². The number of amides is 2. The van der Waals surface area contributed by atoms with Crippen LogP contribution >= 0.6 is 0 Å². The van der Waals surface area contributed by atoms with E-state index in [1.54, 1.807) is 42.5 Å². The highest BCUT2D eigenvalue weighted by atomic mass is 32.2. The number of sulfonamides is 1. The molecule has 34 heavy (non-hydrogen) atoms. The van der Waals surface area contributed by atoms with Gasteiger partial charge in [0, 0.05) is 6.54 Å². The summed E-state index contributed by atoms with van der Waals surface area (Å²) >= 11 is 0. The summed E-state index contributed by atoms with van der Waals surface area (Å²) in [4.78, 5) is 27.6. The van der Waals surface area contributed by atoms with E-state index in [1.165, 1.54) is 22.0 Å². The Morgan fingerprint density at radius 2 is 1.76 bits per heavy atom. The Balaban J connectivity index is 1.63. The number of hydrogen-bond donors (Lipinski definition) is 0. The minimum Gasteiger partial charge on any atom is -0.494 e. The Labute approximate surface area is 201 Å². The highest BCUT2D eigenvalue weighted by molar-refractivity contribution is 7.89. The number of benzene rings is 2. The van der Waals surface area contributed by atoms with Crippen LogP contribution in [0.2, 0.25) is 0 Å². The Morgan fingerprint density at radius 3 is 2.41 bits per heavy atom. The van der Waals surface area contributed by atoms with Crippen LogP contribution in [0.15, 0.2) is 71.1 Å². The van der Waals surface area contributed by atoms with Gasteiger partial charge in [-0.1, -0.05) is 29.8 Å². The lowest BCUT2D eigenvalue weighted by atomic mass is 9.97. The first-order chi connectivity index (χ1) is 16.4. The van der Waals surface area contributed by atoms with E-state index in [0.29, 0.717) is 24.5 Å². The van der Waals surface area contributed by atoms with Gasteiger partial charge in [-0.3, -0.25) is 9.59 Å². The van der Waals surface area contributed by atoms with E-state index < -0.39 is 27.9 Å². The Hall–Kier alpha value is -2.97. The van der Waals surface area contributed by atoms with E-state index >= 15 is 0 Å². The summed E-state index contributed by atoms with van der Waals surface area (Å²) < 4.78 is 33.9. The standard InChI is InChI=1S/C26H30N2O5S/c1-2-33-22-15-13-21(14-16-22)28-25(29)19-24(26(28)30)27(18-17-20-9-5-3-6-10-20)34(31,32)23-11-7-4-8-12-23/h4,7-9,11-16,24H,2-3,5-6,10,17-19H2,1H3. The van der Waals surface area contributed by atoms with Crippen molar-refractivity contribution in [3.05, 3.63) is 66.2 Å². The maximum Gasteiger partial charge on any atom is 0.252 e. The van der Waals surface area contributed by atoms with Gasteiger partial charge in [0.05, 0.1) is 23.6 Å². The first-order valence-electron chi connectivity index (χ1n) is 11.8. The molecule has 2 amide bonds. The fraction of sp³-hybridized carbons (Fsp3) is 0.385. The molecule has 4 rings (SSSR count). The molecule has 1 fully saturated rings. The number of hydrogen-bond acceptors (Lipinski definition) is 5. The fourth-order valence-electron chi connectivity index (χ4n) is 4.53. The number of allylic oxidation sites excluding steroid dienone is 1. The minimum atomic E-state index is -3.97. The van der Waals surface area contributed by atoms with Gasteiger partial charge in [0.15, 0.2) is 0 Å². The van der Waals surface area contributed by atoms with Gasteiger partial charge in [0.1, 0.15) is 11.8 Å². The van der Waals surface area contributed by atoms with Gasteiger partial charge in [0.25, 0.3) is 5.91 Å². The third kappa shape index (κ3) is 5.08. The van der Waals surface area contributed by atoms with Gasteiger partial charge in [-0.2, -0.15) is 4.31 Å². The lowest BCUT2D eigenvalue weighted by molar-refractivity contribution is -0.122. The topological polar surface area (TPSA) is 84.0 Å². The molecule has 1 saturated heterocycles. The molecule has 180 valence electrons. The molecule has 0 saturated carbocycles. The lowest BCUT2D eigenvalue weighted by Gasteiger charge is -2.27. The first-order valence-corrected chi connectivity index (χ1v) is 13.2. The molecule has 1 unspecified atom stereocenters. The molecule has 0 radical (unpaired) electrons. The van der Waals surface area contributed by atoms with Crippen molar-refractivity contribution in [1.29, 1.82) is 0 Å². The number of rotatable bonds is 9. The highest BCUT2D eigenvalue weighted by Gasteiger charge is 2.46. The van der Waals surface area contributed by atoms with Crippen LogP contribution in [0.25, 0.3) is 0 Å². The summed E-state index contributed by atoms with van der Waals surface area (Å²) in [6.07, 6.45) is 6.70. The number of carbonyl (C=O) groups is 2. The molecule has 0 spiro atoms. The second kappa shape index (κ2) is 10.5. The molecule has 0 N–H and O–H groups in total. The summed E-state index contributed by atoms with van der Waals surface area (Å²) in [6, 6.07) is 13.7. The van der Waals surface area contributed by atoms with Gasteiger partial charge >= 0.3 is 0 Å². The van der Waals surface area contributed by atoms with Gasteiger partial charge in [-0.15, -0.1) is 0 Å². The predicted molar refractivity (Wildman–Crippen MR) is 130 cm³/mol. The SMILES string of the molecule is CCOc1ccc(N2C(=O)CC(N(CCC3=CCCCC3)S(=O)(=O)c3ccccc3)C2=O)cc1. The van der Waals surface area contributed by atoms with Gasteiger partial charge in [-0.05, 0) is 75.4 Å². The summed E-state index contributed by atoms with van der Waals surface area (Å²) in [5.41, 5.74) is 1.62. The molecule has 2 aliphatic rings. The first kappa shape index (κ1) is 24.2. The largest absolute Gasteiger partial charge is 0.494 e. The molecule has 0 bridgehead atoms. The zero-order valence-corrected chi connectivity index (χ0v) is 20.2. The van der Waals surface area contributed by atoms with Gasteiger partial charge < -0.3 is 4.74 Å². The van der Waals surface area contributed by atoms with Crippen LogP contribution in [0.3, 0.4) is 0 Å². The van der Waals surface area contributed by atoms with Crippen LogP contribution in [0.5, 0.6) is 5.75 Å². The van der Waals surface area contributed by atoms with Crippen molar-refractivity contribution in [3.63, 3.8) is 0 Å². The molecule has 1 aliphatic carbocycles. The third-order valence-corrected chi connectivity index (χ3v) is 8.19. The van der Waals surface area contributed by atoms with E-state index in [0.717, 1.165) is 30.6 Å². The summed E-state index contributed by atoms with van der Waals surface area (Å²) in [7, 11) is -3.97. The van der Waals surface area contributed by atoms with Crippen molar-refractivity contribution in [1.82, 2.24) is 4.31 Å². The lowest BCUT2D eigenvalue weighted by Crippen LogP contribution is -2.46. The van der Waals surface area contributed by atoms with Crippen LogP contribution in [-0.4, -0.2) is 43.7 Å². The van der Waals surface area contributed by atoms with Gasteiger partial charge in [0.2, 0.25) is 15.9 Å². The van der Waals surface area contributed by atoms with Crippen molar-refractivity contribution >= 4 is 27.5 Å². The smallest absolute Gasteiger partial charge is 0.252 e. The van der Waals surface area contributed by atoms with Gasteiger partial charge in [-0.25, -0.2) is 13.3 Å². The molecule has 1 heterocycles. The molecule has 1 aliphatic heterocycles. The second-order valence-electron chi connectivity index (χ2n) is 8.50. The Bertz CT molecular complexity index is 1160. The molecular weight excluding hydrogens is 452 g/mol. The van der Waals surface area contributed by atoms with Crippen molar-refractivity contribution in [2.45, 2.75) is 56.4 Å². The summed E-state index contributed by atoms with van der Waals surface area (Å²) in [6.45, 7) is 2.53. The zero-order valence-electron chi connectivity index (χ0n) is 19.4. The molecule has 1 atom stereocenters. The van der Waals surface area contributed by atoms with Crippen molar-refractivity contribution in [3.8, 4) is 5.75 Å². The van der Waals surface area contributed by atoms with E-state index in [9.17, 15) is 18.0 Å². The van der Waals surface area contributed by atoms with Crippen molar-refractivity contribution in [2.75, 3.05) is 18.1 Å². The summed E-state index contributed by atoms with van der Waals surface area (Å²) in [5.74, 6) is -0.300. The number of ether oxygens (including phenoxy) is 1. The maximum atomic E-state index is 13.6. The second-order valence-corrected chi connectivity index (χ2v) is 10.4. The normalized spacial score (nSPS) is 18.9. The maximum absolute atomic E-state index is 13.6. The van der Waals surface area contributed by atoms with Crippen LogP contribution < -0.4 is 9.64 Å². The number of nitrogens with zero attached hydrogens (tertiary/aromatic N) is 2. The van der Waals surface area contributed by atoms with Crippen LogP contribution in [0, 0.1) is 0 Å². The quantitative estimate of drug-likeness (QED) is 0.393. The molecule has 2 aromatic carbocycles. The molecule has 8 heteroatoms. The monoisotopic (exact) mass is 482 g/mol. The van der Waals surface area contributed by atoms with Crippen molar-refractivity contribution < 1.29 is 22.7 Å². The van der Waals surface area contributed by atoms with Crippen LogP contribution in [0.4, 0.5) is 5.69 Å². The molecule has 2 aromatic rings. The molecule has 0 aromatic heterocycles. The van der Waals surface area contributed by atoms with E-state index in [4.69, 9.17) is 4.74 Å². The molecule has 7 nitrogen and oxygen atoms in total. The predicted octanol–water partition coefficient (Wildman–Crippen LogP) is 4.30. The Kier molecular flexibility index (Phi) is 7.48. The summed E-state index contributed by atoms with van der Waals surface area (Å²) in [5, 5.41) is 0.